The van der Waals surface area contributed by atoms with Crippen LogP contribution in [0.1, 0.15) is 41.9 Å². The lowest BCUT2D eigenvalue weighted by Crippen LogP contribution is -2.30. The Balaban J connectivity index is 1.56. The zero-order valence-electron chi connectivity index (χ0n) is 16.1. The molecule has 0 radical (unpaired) electrons. The fraction of sp³-hybridized carbons (Fsp3) is 0.381. The summed E-state index contributed by atoms with van der Waals surface area (Å²) in [6.07, 6.45) is 2.72. The summed E-state index contributed by atoms with van der Waals surface area (Å²) in [7, 11) is 1.82. The summed E-state index contributed by atoms with van der Waals surface area (Å²) in [4.78, 5) is 32.7. The number of pyridine rings is 1. The van der Waals surface area contributed by atoms with E-state index < -0.39 is 0 Å². The summed E-state index contributed by atoms with van der Waals surface area (Å²) in [5.41, 5.74) is 3.32. The first kappa shape index (κ1) is 18.9. The van der Waals surface area contributed by atoms with E-state index in [9.17, 15) is 9.59 Å². The van der Waals surface area contributed by atoms with Crippen LogP contribution in [0.3, 0.4) is 0 Å². The van der Waals surface area contributed by atoms with E-state index in [1.807, 2.05) is 19.2 Å². The molecule has 1 aromatic heterocycles. The minimum absolute atomic E-state index is 0.00501. The number of urea groups is 1. The smallest absolute Gasteiger partial charge is 0.322 e. The Morgan fingerprint density at radius 1 is 1.19 bits per heavy atom. The molecule has 1 aromatic carbocycles. The lowest BCUT2D eigenvalue weighted by Gasteiger charge is -2.19. The molecule has 2 aromatic rings. The molecule has 0 saturated heterocycles. The van der Waals surface area contributed by atoms with Gasteiger partial charge in [0.15, 0.2) is 0 Å². The molecule has 1 aliphatic heterocycles. The van der Waals surface area contributed by atoms with E-state index in [0.717, 1.165) is 24.2 Å². The molecular weight excluding hydrogens is 340 g/mol. The third-order valence-corrected chi connectivity index (χ3v) is 4.75. The van der Waals surface area contributed by atoms with Crippen molar-refractivity contribution in [2.45, 2.75) is 33.4 Å². The molecule has 142 valence electrons. The lowest BCUT2D eigenvalue weighted by atomic mass is 10.1. The number of fused-ring (bicyclic) bond motifs is 1. The number of aromatic nitrogens is 1. The van der Waals surface area contributed by atoms with E-state index in [1.165, 1.54) is 0 Å². The van der Waals surface area contributed by atoms with Crippen molar-refractivity contribution in [2.75, 3.05) is 18.9 Å². The maximum absolute atomic E-state index is 12.5. The Hall–Kier alpha value is -2.89. The normalized spacial score (nSPS) is 12.8. The number of rotatable bonds is 5. The molecular formula is C21H26N4O2. The SMILES string of the molecule is CC(C)CCN(C)C(=O)c1ccc(NC(=O)N2Cc3cccnc3C2)cc1. The maximum atomic E-state index is 12.5. The van der Waals surface area contributed by atoms with Crippen molar-refractivity contribution in [3.8, 4) is 0 Å². The number of carbonyl (C=O) groups excluding carboxylic acids is 2. The Morgan fingerprint density at radius 2 is 1.93 bits per heavy atom. The molecule has 3 amide bonds. The monoisotopic (exact) mass is 366 g/mol. The fourth-order valence-corrected chi connectivity index (χ4v) is 3.02. The molecule has 0 unspecified atom stereocenters. The van der Waals surface area contributed by atoms with Crippen molar-refractivity contribution in [3.63, 3.8) is 0 Å². The molecule has 6 heteroatoms. The van der Waals surface area contributed by atoms with E-state index in [-0.39, 0.29) is 11.9 Å². The molecule has 0 spiro atoms. The van der Waals surface area contributed by atoms with Crippen molar-refractivity contribution >= 4 is 17.6 Å². The molecule has 0 saturated carbocycles. The summed E-state index contributed by atoms with van der Waals surface area (Å²) in [5.74, 6) is 0.555. The van der Waals surface area contributed by atoms with Crippen LogP contribution in [-0.4, -0.2) is 40.3 Å². The summed E-state index contributed by atoms with van der Waals surface area (Å²) in [6.45, 7) is 6.10. The molecule has 0 bridgehead atoms. The standard InChI is InChI=1S/C21H26N4O2/c1-15(2)10-12-24(3)20(26)16-6-8-18(9-7-16)23-21(27)25-13-17-5-4-11-22-19(17)14-25/h4-9,11,15H,10,12-14H2,1-3H3,(H,23,27). The van der Waals surface area contributed by atoms with Gasteiger partial charge in [0, 0.05) is 37.6 Å². The average molecular weight is 366 g/mol. The second-order valence-corrected chi connectivity index (χ2v) is 7.38. The molecule has 6 nitrogen and oxygen atoms in total. The number of benzene rings is 1. The van der Waals surface area contributed by atoms with Gasteiger partial charge in [0.05, 0.1) is 12.2 Å². The van der Waals surface area contributed by atoms with E-state index in [2.05, 4.69) is 24.1 Å². The molecule has 2 heterocycles. The highest BCUT2D eigenvalue weighted by atomic mass is 16.2. The predicted octanol–water partition coefficient (Wildman–Crippen LogP) is 3.75. The zero-order valence-corrected chi connectivity index (χ0v) is 16.1. The van der Waals surface area contributed by atoms with Crippen LogP contribution < -0.4 is 5.32 Å². The Kier molecular flexibility index (Phi) is 5.74. The van der Waals surface area contributed by atoms with Gasteiger partial charge in [-0.3, -0.25) is 9.78 Å². The van der Waals surface area contributed by atoms with Crippen LogP contribution in [0.5, 0.6) is 0 Å². The van der Waals surface area contributed by atoms with Gasteiger partial charge in [0.2, 0.25) is 0 Å². The van der Waals surface area contributed by atoms with E-state index in [1.54, 1.807) is 40.3 Å². The van der Waals surface area contributed by atoms with Crippen molar-refractivity contribution in [3.05, 3.63) is 59.4 Å². The highest BCUT2D eigenvalue weighted by molar-refractivity contribution is 5.95. The zero-order chi connectivity index (χ0) is 19.4. The summed E-state index contributed by atoms with van der Waals surface area (Å²) < 4.78 is 0. The first-order valence-corrected chi connectivity index (χ1v) is 9.28. The van der Waals surface area contributed by atoms with Crippen LogP contribution in [0, 0.1) is 5.92 Å². The quantitative estimate of drug-likeness (QED) is 0.876. The van der Waals surface area contributed by atoms with Gasteiger partial charge in [0.25, 0.3) is 5.91 Å². The number of nitrogens with zero attached hydrogens (tertiary/aromatic N) is 3. The van der Waals surface area contributed by atoms with Crippen LogP contribution in [0.4, 0.5) is 10.5 Å². The highest BCUT2D eigenvalue weighted by Crippen LogP contribution is 2.21. The largest absolute Gasteiger partial charge is 0.342 e. The molecule has 3 rings (SSSR count). The van der Waals surface area contributed by atoms with Crippen molar-refractivity contribution in [2.24, 2.45) is 5.92 Å². The van der Waals surface area contributed by atoms with Crippen LogP contribution in [0.15, 0.2) is 42.6 Å². The Morgan fingerprint density at radius 3 is 2.59 bits per heavy atom. The van der Waals surface area contributed by atoms with Gasteiger partial charge in [0.1, 0.15) is 0 Å². The van der Waals surface area contributed by atoms with Crippen molar-refractivity contribution in [1.82, 2.24) is 14.8 Å². The third kappa shape index (κ3) is 4.64. The van der Waals surface area contributed by atoms with E-state index in [0.29, 0.717) is 30.3 Å². The van der Waals surface area contributed by atoms with Gasteiger partial charge in [-0.25, -0.2) is 4.79 Å². The topological polar surface area (TPSA) is 65.5 Å². The highest BCUT2D eigenvalue weighted by Gasteiger charge is 2.24. The van der Waals surface area contributed by atoms with Crippen LogP contribution in [0.2, 0.25) is 0 Å². The van der Waals surface area contributed by atoms with Crippen molar-refractivity contribution < 1.29 is 9.59 Å². The number of hydrogen-bond acceptors (Lipinski definition) is 3. The van der Waals surface area contributed by atoms with Gasteiger partial charge in [-0.15, -0.1) is 0 Å². The number of anilines is 1. The second-order valence-electron chi connectivity index (χ2n) is 7.38. The second kappa shape index (κ2) is 8.20. The summed E-state index contributed by atoms with van der Waals surface area (Å²) in [6, 6.07) is 10.8. The van der Waals surface area contributed by atoms with Gasteiger partial charge < -0.3 is 15.1 Å². The van der Waals surface area contributed by atoms with Gasteiger partial charge in [-0.05, 0) is 48.2 Å². The van der Waals surface area contributed by atoms with Gasteiger partial charge in [-0.1, -0.05) is 19.9 Å². The summed E-state index contributed by atoms with van der Waals surface area (Å²) >= 11 is 0. The van der Waals surface area contributed by atoms with Crippen LogP contribution >= 0.6 is 0 Å². The fourth-order valence-electron chi connectivity index (χ4n) is 3.02. The molecule has 1 N–H and O–H groups in total. The maximum Gasteiger partial charge on any atom is 0.322 e. The minimum atomic E-state index is -0.166. The molecule has 0 aliphatic carbocycles. The first-order chi connectivity index (χ1) is 12.9. The lowest BCUT2D eigenvalue weighted by molar-refractivity contribution is 0.0789. The molecule has 0 atom stereocenters. The predicted molar refractivity (Wildman–Crippen MR) is 105 cm³/mol. The average Bonchev–Trinajstić information content (AvgIpc) is 3.10. The third-order valence-electron chi connectivity index (χ3n) is 4.75. The van der Waals surface area contributed by atoms with Crippen molar-refractivity contribution in [1.29, 1.82) is 0 Å². The van der Waals surface area contributed by atoms with E-state index in [4.69, 9.17) is 0 Å². The Bertz CT molecular complexity index is 792. The van der Waals surface area contributed by atoms with Crippen LogP contribution in [0.25, 0.3) is 0 Å². The minimum Gasteiger partial charge on any atom is -0.342 e. The van der Waals surface area contributed by atoms with Gasteiger partial charge >= 0.3 is 6.03 Å². The molecule has 0 fully saturated rings. The van der Waals surface area contributed by atoms with E-state index >= 15 is 0 Å². The van der Waals surface area contributed by atoms with Gasteiger partial charge in [-0.2, -0.15) is 0 Å². The number of amides is 3. The summed E-state index contributed by atoms with van der Waals surface area (Å²) in [5, 5.41) is 2.89. The Labute approximate surface area is 160 Å². The van der Waals surface area contributed by atoms with Crippen LogP contribution in [-0.2, 0) is 13.1 Å². The molecule has 1 aliphatic rings. The molecule has 27 heavy (non-hydrogen) atoms. The number of nitrogens with one attached hydrogen (secondary N) is 1. The number of hydrogen-bond donors (Lipinski definition) is 1. The first-order valence-electron chi connectivity index (χ1n) is 9.28. The number of carbonyl (C=O) groups is 2.